The standard InChI is InChI=1S/C15H14ClN3O/c1-15(20)4-5-19(9-15)14-6-10(8-17)12-7-11(16)2-3-13(12)18-14/h2-3,6-7,20H,4-5,9H2,1H3. The highest BCUT2D eigenvalue weighted by Crippen LogP contribution is 2.29. The number of hydrogen-bond donors (Lipinski definition) is 1. The molecule has 1 atom stereocenters. The summed E-state index contributed by atoms with van der Waals surface area (Å²) < 4.78 is 0. The number of benzene rings is 1. The number of β-amino-alcohol motifs (C(OH)–C–C–N with tert-alkyl or cyclic N) is 1. The lowest BCUT2D eigenvalue weighted by atomic mass is 10.1. The summed E-state index contributed by atoms with van der Waals surface area (Å²) in [5.74, 6) is 0.731. The van der Waals surface area contributed by atoms with Crippen molar-refractivity contribution < 1.29 is 5.11 Å². The van der Waals surface area contributed by atoms with Crippen molar-refractivity contribution in [2.45, 2.75) is 18.9 Å². The van der Waals surface area contributed by atoms with Crippen LogP contribution in [-0.2, 0) is 0 Å². The van der Waals surface area contributed by atoms with Crippen molar-refractivity contribution >= 4 is 28.3 Å². The number of rotatable bonds is 1. The summed E-state index contributed by atoms with van der Waals surface area (Å²) in [4.78, 5) is 6.59. The first-order valence-electron chi connectivity index (χ1n) is 6.46. The summed E-state index contributed by atoms with van der Waals surface area (Å²) in [6.45, 7) is 3.09. The van der Waals surface area contributed by atoms with Crippen LogP contribution in [0.1, 0.15) is 18.9 Å². The minimum Gasteiger partial charge on any atom is -0.388 e. The van der Waals surface area contributed by atoms with Crippen molar-refractivity contribution in [3.8, 4) is 6.07 Å². The lowest BCUT2D eigenvalue weighted by molar-refractivity contribution is 0.0839. The van der Waals surface area contributed by atoms with Gasteiger partial charge in [-0.15, -0.1) is 0 Å². The number of pyridine rings is 1. The van der Waals surface area contributed by atoms with E-state index in [9.17, 15) is 10.4 Å². The Bertz CT molecular complexity index is 721. The molecule has 2 aromatic rings. The van der Waals surface area contributed by atoms with Crippen molar-refractivity contribution in [2.24, 2.45) is 0 Å². The van der Waals surface area contributed by atoms with E-state index in [1.165, 1.54) is 0 Å². The zero-order chi connectivity index (χ0) is 14.3. The summed E-state index contributed by atoms with van der Waals surface area (Å²) in [5.41, 5.74) is 0.609. The number of nitriles is 1. The van der Waals surface area contributed by atoms with Crippen LogP contribution in [0.25, 0.3) is 10.9 Å². The smallest absolute Gasteiger partial charge is 0.130 e. The summed E-state index contributed by atoms with van der Waals surface area (Å²) in [5, 5.41) is 20.7. The topological polar surface area (TPSA) is 60.1 Å². The van der Waals surface area contributed by atoms with Gasteiger partial charge in [-0.25, -0.2) is 4.98 Å². The molecule has 20 heavy (non-hydrogen) atoms. The van der Waals surface area contributed by atoms with Gasteiger partial charge in [0, 0.05) is 23.5 Å². The van der Waals surface area contributed by atoms with Crippen molar-refractivity contribution in [2.75, 3.05) is 18.0 Å². The van der Waals surface area contributed by atoms with Crippen LogP contribution in [0.3, 0.4) is 0 Å². The lowest BCUT2D eigenvalue weighted by Crippen LogP contribution is -2.30. The molecule has 3 rings (SSSR count). The number of halogens is 1. The summed E-state index contributed by atoms with van der Waals surface area (Å²) in [6, 6.07) is 9.30. The first-order valence-corrected chi connectivity index (χ1v) is 6.84. The second-order valence-corrected chi connectivity index (χ2v) is 5.91. The molecule has 1 fully saturated rings. The second-order valence-electron chi connectivity index (χ2n) is 5.47. The molecule has 0 bridgehead atoms. The van der Waals surface area contributed by atoms with Gasteiger partial charge in [0.05, 0.1) is 22.8 Å². The van der Waals surface area contributed by atoms with Crippen LogP contribution in [0.15, 0.2) is 24.3 Å². The molecule has 4 nitrogen and oxygen atoms in total. The zero-order valence-electron chi connectivity index (χ0n) is 11.1. The number of aromatic nitrogens is 1. The van der Waals surface area contributed by atoms with Gasteiger partial charge >= 0.3 is 0 Å². The Hall–Kier alpha value is -1.83. The normalized spacial score (nSPS) is 22.2. The maximum absolute atomic E-state index is 10.1. The molecule has 0 saturated carbocycles. The van der Waals surface area contributed by atoms with E-state index >= 15 is 0 Å². The van der Waals surface area contributed by atoms with E-state index in [1.807, 2.05) is 17.9 Å². The number of anilines is 1. The Morgan fingerprint density at radius 1 is 1.45 bits per heavy atom. The maximum Gasteiger partial charge on any atom is 0.130 e. The van der Waals surface area contributed by atoms with Gasteiger partial charge in [-0.1, -0.05) is 11.6 Å². The van der Waals surface area contributed by atoms with Crippen molar-refractivity contribution in [1.82, 2.24) is 4.98 Å². The summed E-state index contributed by atoms with van der Waals surface area (Å²) in [6.07, 6.45) is 0.704. The Balaban J connectivity index is 2.10. The van der Waals surface area contributed by atoms with Gasteiger partial charge in [0.25, 0.3) is 0 Å². The molecule has 5 heteroatoms. The third kappa shape index (κ3) is 2.31. The summed E-state index contributed by atoms with van der Waals surface area (Å²) in [7, 11) is 0. The van der Waals surface area contributed by atoms with Gasteiger partial charge in [-0.2, -0.15) is 5.26 Å². The van der Waals surface area contributed by atoms with Crippen LogP contribution in [0.4, 0.5) is 5.82 Å². The lowest BCUT2D eigenvalue weighted by Gasteiger charge is -2.20. The van der Waals surface area contributed by atoms with Crippen LogP contribution in [0, 0.1) is 11.3 Å². The van der Waals surface area contributed by atoms with Gasteiger partial charge < -0.3 is 10.0 Å². The van der Waals surface area contributed by atoms with E-state index in [0.29, 0.717) is 23.6 Å². The fourth-order valence-electron chi connectivity index (χ4n) is 2.58. The van der Waals surface area contributed by atoms with Gasteiger partial charge in [0.2, 0.25) is 0 Å². The molecule has 1 N–H and O–H groups in total. The monoisotopic (exact) mass is 287 g/mol. The maximum atomic E-state index is 10.1. The quantitative estimate of drug-likeness (QED) is 0.876. The molecule has 0 aliphatic carbocycles. The second kappa shape index (κ2) is 4.62. The van der Waals surface area contributed by atoms with Crippen LogP contribution < -0.4 is 4.90 Å². The third-order valence-electron chi connectivity index (χ3n) is 3.65. The molecule has 1 aromatic carbocycles. The van der Waals surface area contributed by atoms with Crippen LogP contribution in [-0.4, -0.2) is 28.8 Å². The Morgan fingerprint density at radius 2 is 2.25 bits per heavy atom. The molecule has 0 amide bonds. The van der Waals surface area contributed by atoms with E-state index in [4.69, 9.17) is 11.6 Å². The number of fused-ring (bicyclic) bond motifs is 1. The van der Waals surface area contributed by atoms with Crippen molar-refractivity contribution in [3.05, 3.63) is 34.9 Å². The molecule has 1 aromatic heterocycles. The van der Waals surface area contributed by atoms with E-state index in [-0.39, 0.29) is 0 Å². The first kappa shape index (κ1) is 13.2. The molecular formula is C15H14ClN3O. The Kier molecular flexibility index (Phi) is 3.04. The van der Waals surface area contributed by atoms with Gasteiger partial charge in [-0.3, -0.25) is 0 Å². The average molecular weight is 288 g/mol. The fourth-order valence-corrected chi connectivity index (χ4v) is 2.75. The summed E-state index contributed by atoms with van der Waals surface area (Å²) >= 11 is 5.97. The predicted molar refractivity (Wildman–Crippen MR) is 78.9 cm³/mol. The van der Waals surface area contributed by atoms with Gasteiger partial charge in [0.1, 0.15) is 5.82 Å². The van der Waals surface area contributed by atoms with Crippen molar-refractivity contribution in [3.63, 3.8) is 0 Å². The third-order valence-corrected chi connectivity index (χ3v) is 3.89. The minimum absolute atomic E-state index is 0.532. The van der Waals surface area contributed by atoms with Crippen LogP contribution in [0.2, 0.25) is 5.02 Å². The Morgan fingerprint density at radius 3 is 2.90 bits per heavy atom. The van der Waals surface area contributed by atoms with Crippen molar-refractivity contribution in [1.29, 1.82) is 5.26 Å². The SMILES string of the molecule is CC1(O)CCN(c2cc(C#N)c3cc(Cl)ccc3n2)C1. The number of nitrogens with zero attached hydrogens (tertiary/aromatic N) is 3. The largest absolute Gasteiger partial charge is 0.388 e. The minimum atomic E-state index is -0.691. The number of aliphatic hydroxyl groups is 1. The van der Waals surface area contributed by atoms with Crippen LogP contribution in [0.5, 0.6) is 0 Å². The van der Waals surface area contributed by atoms with E-state index in [0.717, 1.165) is 23.3 Å². The molecule has 102 valence electrons. The van der Waals surface area contributed by atoms with E-state index in [2.05, 4.69) is 11.1 Å². The van der Waals surface area contributed by atoms with Gasteiger partial charge in [0.15, 0.2) is 0 Å². The van der Waals surface area contributed by atoms with E-state index in [1.54, 1.807) is 18.2 Å². The Labute approximate surface area is 122 Å². The van der Waals surface area contributed by atoms with Crippen LogP contribution >= 0.6 is 11.6 Å². The molecule has 2 heterocycles. The average Bonchev–Trinajstić information content (AvgIpc) is 2.78. The number of hydrogen-bond acceptors (Lipinski definition) is 4. The molecular weight excluding hydrogens is 274 g/mol. The molecule has 1 unspecified atom stereocenters. The fraction of sp³-hybridized carbons (Fsp3) is 0.333. The first-order chi connectivity index (χ1) is 9.48. The van der Waals surface area contributed by atoms with E-state index < -0.39 is 5.60 Å². The predicted octanol–water partition coefficient (Wildman–Crippen LogP) is 2.72. The molecule has 1 aliphatic rings. The highest BCUT2D eigenvalue weighted by molar-refractivity contribution is 6.31. The zero-order valence-corrected chi connectivity index (χ0v) is 11.9. The molecule has 0 radical (unpaired) electrons. The molecule has 1 aliphatic heterocycles. The molecule has 0 spiro atoms. The van der Waals surface area contributed by atoms with Gasteiger partial charge in [-0.05, 0) is 37.6 Å². The molecule has 1 saturated heterocycles. The highest BCUT2D eigenvalue weighted by Gasteiger charge is 2.32. The highest BCUT2D eigenvalue weighted by atomic mass is 35.5.